The Kier molecular flexibility index (Phi) is 4.86. The number of fused-ring (bicyclic) bond motifs is 2. The molecule has 2 nitrogen and oxygen atoms in total. The minimum Gasteiger partial charge on any atom is -0.294 e. The summed E-state index contributed by atoms with van der Waals surface area (Å²) in [6, 6.07) is 14.7. The van der Waals surface area contributed by atoms with Crippen LogP contribution < -0.4 is 0 Å². The Hall–Kier alpha value is -2.07. The molecule has 0 N–H and O–H groups in total. The fourth-order valence-electron chi connectivity index (χ4n) is 4.63. The second-order valence-corrected chi connectivity index (χ2v) is 7.56. The third kappa shape index (κ3) is 3.43. The molecule has 2 aromatic carbocycles. The number of piperidine rings is 2. The Morgan fingerprint density at radius 1 is 0.962 bits per heavy atom. The van der Waals surface area contributed by atoms with Crippen molar-refractivity contribution in [1.82, 2.24) is 4.90 Å². The lowest BCUT2D eigenvalue weighted by Gasteiger charge is -2.48. The molecule has 0 aliphatic carbocycles. The van der Waals surface area contributed by atoms with Crippen LogP contribution in [0.25, 0.3) is 0 Å². The maximum absolute atomic E-state index is 13.5. The molecule has 2 atom stereocenters. The highest BCUT2D eigenvalue weighted by Gasteiger charge is 2.40. The van der Waals surface area contributed by atoms with Crippen LogP contribution in [0.5, 0.6) is 0 Å². The van der Waals surface area contributed by atoms with Gasteiger partial charge in [-0.3, -0.25) is 9.69 Å². The number of rotatable bonds is 4. The number of hydrogen-bond acceptors (Lipinski definition) is 2. The van der Waals surface area contributed by atoms with Gasteiger partial charge in [-0.25, -0.2) is 8.78 Å². The Bertz CT molecular complexity index is 778. The molecule has 2 aromatic rings. The van der Waals surface area contributed by atoms with Crippen molar-refractivity contribution in [1.29, 1.82) is 0 Å². The van der Waals surface area contributed by atoms with E-state index >= 15 is 0 Å². The average Bonchev–Trinajstić information content (AvgIpc) is 2.64. The molecule has 4 rings (SSSR count). The maximum atomic E-state index is 13.5. The van der Waals surface area contributed by atoms with Gasteiger partial charge in [-0.05, 0) is 49.4 Å². The number of carbonyl (C=O) groups excluding carboxylic acids is 1. The number of ketones is 1. The highest BCUT2D eigenvalue weighted by atomic mass is 19.2. The molecule has 26 heavy (non-hydrogen) atoms. The number of Topliss-reactive ketones (excluding diaryl/α,β-unsaturated/α-hetero) is 1. The van der Waals surface area contributed by atoms with Crippen LogP contribution in [0, 0.1) is 17.6 Å². The van der Waals surface area contributed by atoms with E-state index in [0.29, 0.717) is 17.6 Å². The quantitative estimate of drug-likeness (QED) is 0.721. The number of hydrogen-bond donors (Lipinski definition) is 0. The highest BCUT2D eigenvalue weighted by Crippen LogP contribution is 2.39. The fourth-order valence-corrected chi connectivity index (χ4v) is 4.63. The smallest absolute Gasteiger partial charge is 0.166 e. The third-order valence-electron chi connectivity index (χ3n) is 5.91. The highest BCUT2D eigenvalue weighted by molar-refractivity contribution is 5.98. The largest absolute Gasteiger partial charge is 0.294 e. The van der Waals surface area contributed by atoms with Crippen LogP contribution in [0.4, 0.5) is 8.78 Å². The zero-order valence-electron chi connectivity index (χ0n) is 14.7. The summed E-state index contributed by atoms with van der Waals surface area (Å²) in [6.45, 7) is 0.919. The molecular weight excluding hydrogens is 332 g/mol. The van der Waals surface area contributed by atoms with Crippen molar-refractivity contribution in [2.24, 2.45) is 5.92 Å². The predicted molar refractivity (Wildman–Crippen MR) is 96.8 cm³/mol. The summed E-state index contributed by atoms with van der Waals surface area (Å²) < 4.78 is 26.7. The summed E-state index contributed by atoms with van der Waals surface area (Å²) in [7, 11) is 0. The molecule has 2 aliphatic heterocycles. The molecule has 0 radical (unpaired) electrons. The van der Waals surface area contributed by atoms with E-state index in [0.717, 1.165) is 44.4 Å². The molecule has 2 heterocycles. The van der Waals surface area contributed by atoms with Crippen molar-refractivity contribution in [2.75, 3.05) is 0 Å². The third-order valence-corrected chi connectivity index (χ3v) is 5.91. The molecule has 0 aromatic heterocycles. The van der Waals surface area contributed by atoms with Gasteiger partial charge in [0.05, 0.1) is 0 Å². The first-order valence-electron chi connectivity index (χ1n) is 9.41. The van der Waals surface area contributed by atoms with E-state index in [1.807, 2.05) is 6.07 Å². The van der Waals surface area contributed by atoms with Gasteiger partial charge in [0.15, 0.2) is 17.4 Å². The molecule has 136 valence electrons. The first-order valence-corrected chi connectivity index (χ1v) is 9.41. The van der Waals surface area contributed by atoms with E-state index in [2.05, 4.69) is 29.2 Å². The zero-order chi connectivity index (χ0) is 18.1. The maximum Gasteiger partial charge on any atom is 0.166 e. The lowest BCUT2D eigenvalue weighted by molar-refractivity contribution is 0.00905. The average molecular weight is 355 g/mol. The SMILES string of the molecule is O=C(c1ccc(F)c(F)c1)C1CC2CCCC(C1)N2Cc1ccccc1. The normalized spacial score (nSPS) is 25.8. The van der Waals surface area contributed by atoms with Gasteiger partial charge in [0, 0.05) is 30.1 Å². The van der Waals surface area contributed by atoms with Crippen molar-refractivity contribution in [2.45, 2.75) is 50.7 Å². The van der Waals surface area contributed by atoms with Crippen LogP contribution in [0.15, 0.2) is 48.5 Å². The van der Waals surface area contributed by atoms with Gasteiger partial charge in [0.25, 0.3) is 0 Å². The van der Waals surface area contributed by atoms with Crippen molar-refractivity contribution in [3.8, 4) is 0 Å². The first kappa shape index (κ1) is 17.3. The second-order valence-electron chi connectivity index (χ2n) is 7.56. The Morgan fingerprint density at radius 3 is 2.31 bits per heavy atom. The van der Waals surface area contributed by atoms with E-state index in [9.17, 15) is 13.6 Å². The van der Waals surface area contributed by atoms with Crippen molar-refractivity contribution < 1.29 is 13.6 Å². The van der Waals surface area contributed by atoms with Crippen molar-refractivity contribution in [3.63, 3.8) is 0 Å². The first-order chi connectivity index (χ1) is 12.6. The lowest BCUT2D eigenvalue weighted by atomic mass is 9.75. The minimum atomic E-state index is -0.947. The van der Waals surface area contributed by atoms with Crippen LogP contribution in [-0.4, -0.2) is 22.8 Å². The summed E-state index contributed by atoms with van der Waals surface area (Å²) in [5.41, 5.74) is 1.60. The number of nitrogens with zero attached hydrogens (tertiary/aromatic N) is 1. The number of halogens is 2. The molecule has 4 heteroatoms. The van der Waals surface area contributed by atoms with Gasteiger partial charge in [-0.15, -0.1) is 0 Å². The summed E-state index contributed by atoms with van der Waals surface area (Å²) in [6.07, 6.45) is 5.02. The van der Waals surface area contributed by atoms with E-state index in [1.165, 1.54) is 18.1 Å². The van der Waals surface area contributed by atoms with Crippen LogP contribution in [0.3, 0.4) is 0 Å². The van der Waals surface area contributed by atoms with Crippen LogP contribution >= 0.6 is 0 Å². The van der Waals surface area contributed by atoms with Crippen LogP contribution in [-0.2, 0) is 6.54 Å². The van der Waals surface area contributed by atoms with E-state index < -0.39 is 11.6 Å². The molecule has 2 unspecified atom stereocenters. The molecule has 2 saturated heterocycles. The second kappa shape index (κ2) is 7.28. The van der Waals surface area contributed by atoms with Crippen LogP contribution in [0.2, 0.25) is 0 Å². The Morgan fingerprint density at radius 2 is 1.65 bits per heavy atom. The molecule has 2 aliphatic rings. The van der Waals surface area contributed by atoms with Gasteiger partial charge in [0.2, 0.25) is 0 Å². The number of benzene rings is 2. The lowest BCUT2D eigenvalue weighted by Crippen LogP contribution is -2.52. The topological polar surface area (TPSA) is 20.3 Å². The van der Waals surface area contributed by atoms with Gasteiger partial charge >= 0.3 is 0 Å². The Labute approximate surface area is 152 Å². The number of carbonyl (C=O) groups is 1. The molecule has 2 bridgehead atoms. The van der Waals surface area contributed by atoms with Crippen molar-refractivity contribution >= 4 is 5.78 Å². The minimum absolute atomic E-state index is 0.0415. The Balaban J connectivity index is 1.50. The van der Waals surface area contributed by atoms with Crippen LogP contribution in [0.1, 0.15) is 48.0 Å². The molecular formula is C22H23F2NO. The zero-order valence-corrected chi connectivity index (χ0v) is 14.7. The summed E-state index contributed by atoms with van der Waals surface area (Å²) in [4.78, 5) is 15.4. The summed E-state index contributed by atoms with van der Waals surface area (Å²) in [5.74, 6) is -1.99. The van der Waals surface area contributed by atoms with Crippen molar-refractivity contribution in [3.05, 3.63) is 71.3 Å². The summed E-state index contributed by atoms with van der Waals surface area (Å²) in [5, 5.41) is 0. The van der Waals surface area contributed by atoms with Gasteiger partial charge in [0.1, 0.15) is 0 Å². The summed E-state index contributed by atoms with van der Waals surface area (Å²) >= 11 is 0. The monoisotopic (exact) mass is 355 g/mol. The standard InChI is InChI=1S/C22H23F2NO/c23-20-10-9-16(13-21(20)24)22(26)17-11-18-7-4-8-19(12-17)25(18)14-15-5-2-1-3-6-15/h1-3,5-6,9-10,13,17-19H,4,7-8,11-12,14H2. The van der Waals surface area contributed by atoms with E-state index in [4.69, 9.17) is 0 Å². The molecule has 0 amide bonds. The molecule has 0 saturated carbocycles. The van der Waals surface area contributed by atoms with Gasteiger partial charge < -0.3 is 0 Å². The van der Waals surface area contributed by atoms with E-state index in [1.54, 1.807) is 0 Å². The molecule has 0 spiro atoms. The van der Waals surface area contributed by atoms with E-state index in [-0.39, 0.29) is 11.7 Å². The fraction of sp³-hybridized carbons (Fsp3) is 0.409. The van der Waals surface area contributed by atoms with Gasteiger partial charge in [-0.2, -0.15) is 0 Å². The van der Waals surface area contributed by atoms with Gasteiger partial charge in [-0.1, -0.05) is 36.8 Å². The molecule has 2 fully saturated rings. The predicted octanol–water partition coefficient (Wildman–Crippen LogP) is 4.98.